The molecule has 0 saturated carbocycles. The number of aryl methyl sites for hydroxylation is 1. The Morgan fingerprint density at radius 2 is 1.40 bits per heavy atom. The van der Waals surface area contributed by atoms with E-state index in [9.17, 15) is 5.11 Å². The van der Waals surface area contributed by atoms with Crippen LogP contribution >= 0.6 is 0 Å². The van der Waals surface area contributed by atoms with Crippen LogP contribution in [0.25, 0.3) is 11.1 Å². The summed E-state index contributed by atoms with van der Waals surface area (Å²) in [5, 5.41) is 18.1. The summed E-state index contributed by atoms with van der Waals surface area (Å²) in [6, 6.07) is 27.2. The van der Waals surface area contributed by atoms with Crippen LogP contribution in [0.1, 0.15) is 30.0 Å². The number of hydrogen-bond acceptors (Lipinski definition) is 4. The fourth-order valence-corrected chi connectivity index (χ4v) is 3.81. The monoisotopic (exact) mass is 400 g/mol. The molecule has 0 aromatic heterocycles. The highest BCUT2D eigenvalue weighted by Crippen LogP contribution is 2.36. The van der Waals surface area contributed by atoms with Crippen LogP contribution in [0.5, 0.6) is 0 Å². The first kappa shape index (κ1) is 20.3. The van der Waals surface area contributed by atoms with E-state index in [1.165, 1.54) is 16.7 Å². The van der Waals surface area contributed by atoms with Crippen molar-refractivity contribution in [2.75, 3.05) is 13.2 Å². The summed E-state index contributed by atoms with van der Waals surface area (Å²) in [5.74, 6) is 0. The molecule has 1 aliphatic rings. The molecule has 30 heavy (non-hydrogen) atoms. The molecular weight excluding hydrogens is 372 g/mol. The Hall–Kier alpha value is -2.95. The maximum absolute atomic E-state index is 10.3. The lowest BCUT2D eigenvalue weighted by molar-refractivity contribution is 0.0392. The highest BCUT2D eigenvalue weighted by molar-refractivity contribution is 6.24. The van der Waals surface area contributed by atoms with Gasteiger partial charge in [-0.25, -0.2) is 0 Å². The van der Waals surface area contributed by atoms with Gasteiger partial charge in [0.15, 0.2) is 0 Å². The minimum Gasteiger partial charge on any atom is -0.392 e. The molecular formula is C26H28N2O2. The molecule has 0 spiro atoms. The fourth-order valence-electron chi connectivity index (χ4n) is 3.81. The van der Waals surface area contributed by atoms with Gasteiger partial charge in [0.1, 0.15) is 18.4 Å². The fraction of sp³-hybridized carbons (Fsp3) is 0.269. The lowest BCUT2D eigenvalue weighted by Gasteiger charge is -2.16. The van der Waals surface area contributed by atoms with Crippen molar-refractivity contribution in [3.05, 3.63) is 95.6 Å². The van der Waals surface area contributed by atoms with Crippen LogP contribution < -0.4 is 5.32 Å². The average molecular weight is 401 g/mol. The van der Waals surface area contributed by atoms with Crippen LogP contribution in [0.15, 0.2) is 84.0 Å². The molecule has 0 amide bonds. The zero-order chi connectivity index (χ0) is 20.8. The molecule has 0 bridgehead atoms. The second-order valence-electron chi connectivity index (χ2n) is 7.81. The second kappa shape index (κ2) is 9.70. The number of nitrogens with one attached hydrogen (secondary N) is 1. The van der Waals surface area contributed by atoms with E-state index in [4.69, 9.17) is 4.84 Å². The summed E-state index contributed by atoms with van der Waals surface area (Å²) in [6.07, 6.45) is 1.43. The molecule has 2 unspecified atom stereocenters. The highest BCUT2D eigenvalue weighted by Gasteiger charge is 2.24. The second-order valence-corrected chi connectivity index (χ2v) is 7.81. The van der Waals surface area contributed by atoms with Crippen molar-refractivity contribution in [3.63, 3.8) is 0 Å². The number of aliphatic hydroxyl groups is 1. The van der Waals surface area contributed by atoms with Crippen LogP contribution in [0.3, 0.4) is 0 Å². The van der Waals surface area contributed by atoms with Crippen LogP contribution in [-0.4, -0.2) is 36.1 Å². The van der Waals surface area contributed by atoms with Gasteiger partial charge in [0.2, 0.25) is 0 Å². The molecule has 0 fully saturated rings. The van der Waals surface area contributed by atoms with Gasteiger partial charge < -0.3 is 15.3 Å². The van der Waals surface area contributed by atoms with Crippen LogP contribution in [0.4, 0.5) is 0 Å². The summed E-state index contributed by atoms with van der Waals surface area (Å²) < 4.78 is 0. The zero-order valence-electron chi connectivity index (χ0n) is 17.3. The topological polar surface area (TPSA) is 53.8 Å². The maximum atomic E-state index is 10.3. The van der Waals surface area contributed by atoms with Crippen LogP contribution in [-0.2, 0) is 11.3 Å². The van der Waals surface area contributed by atoms with Crippen molar-refractivity contribution in [1.29, 1.82) is 0 Å². The van der Waals surface area contributed by atoms with Gasteiger partial charge in [0.05, 0.1) is 0 Å². The minimum atomic E-state index is -0.611. The predicted molar refractivity (Wildman–Crippen MR) is 122 cm³/mol. The first-order valence-corrected chi connectivity index (χ1v) is 10.6. The molecule has 1 aliphatic carbocycles. The van der Waals surface area contributed by atoms with E-state index in [-0.39, 0.29) is 6.61 Å². The molecule has 154 valence electrons. The van der Waals surface area contributed by atoms with Gasteiger partial charge in [-0.05, 0) is 36.5 Å². The van der Waals surface area contributed by atoms with Gasteiger partial charge in [-0.15, -0.1) is 0 Å². The Balaban J connectivity index is 1.27. The van der Waals surface area contributed by atoms with Crippen molar-refractivity contribution in [1.82, 2.24) is 5.32 Å². The Kier molecular flexibility index (Phi) is 6.57. The van der Waals surface area contributed by atoms with E-state index in [2.05, 4.69) is 65.9 Å². The Labute approximate surface area is 178 Å². The first-order valence-electron chi connectivity index (χ1n) is 10.6. The number of rotatable bonds is 9. The van der Waals surface area contributed by atoms with E-state index in [1.807, 2.05) is 30.3 Å². The van der Waals surface area contributed by atoms with Gasteiger partial charge in [-0.2, -0.15) is 0 Å². The lowest BCUT2D eigenvalue weighted by Crippen LogP contribution is -2.36. The van der Waals surface area contributed by atoms with Crippen molar-refractivity contribution in [2.24, 2.45) is 5.16 Å². The molecule has 2 atom stereocenters. The van der Waals surface area contributed by atoms with Crippen molar-refractivity contribution in [2.45, 2.75) is 31.9 Å². The summed E-state index contributed by atoms with van der Waals surface area (Å²) in [6.45, 7) is 2.78. The summed E-state index contributed by atoms with van der Waals surface area (Å²) in [5.41, 5.74) is 6.65. The van der Waals surface area contributed by atoms with Gasteiger partial charge in [0, 0.05) is 23.7 Å². The van der Waals surface area contributed by atoms with Crippen molar-refractivity contribution < 1.29 is 9.94 Å². The number of hydrogen-bond donors (Lipinski definition) is 2. The highest BCUT2D eigenvalue weighted by atomic mass is 16.6. The molecule has 0 heterocycles. The van der Waals surface area contributed by atoms with Crippen LogP contribution in [0, 0.1) is 0 Å². The third-order valence-electron chi connectivity index (χ3n) is 5.49. The molecule has 2 N–H and O–H groups in total. The number of fused-ring (bicyclic) bond motifs is 3. The summed E-state index contributed by atoms with van der Waals surface area (Å²) >= 11 is 0. The molecule has 4 heteroatoms. The number of oxime groups is 1. The van der Waals surface area contributed by atoms with E-state index in [1.54, 1.807) is 0 Å². The quantitative estimate of drug-likeness (QED) is 0.409. The molecule has 4 rings (SSSR count). The Bertz CT molecular complexity index is 953. The largest absolute Gasteiger partial charge is 0.392 e. The normalized spacial score (nSPS) is 14.0. The van der Waals surface area contributed by atoms with E-state index >= 15 is 0 Å². The molecule has 0 radical (unpaired) electrons. The molecule has 0 aliphatic heterocycles. The maximum Gasteiger partial charge on any atom is 0.144 e. The lowest BCUT2D eigenvalue weighted by atomic mass is 10.1. The first-order chi connectivity index (χ1) is 14.7. The predicted octanol–water partition coefficient (Wildman–Crippen LogP) is 4.41. The Morgan fingerprint density at radius 3 is 2.03 bits per heavy atom. The van der Waals surface area contributed by atoms with Gasteiger partial charge in [-0.3, -0.25) is 0 Å². The average Bonchev–Trinajstić information content (AvgIpc) is 3.11. The molecule has 4 nitrogen and oxygen atoms in total. The van der Waals surface area contributed by atoms with E-state index in [0.717, 1.165) is 29.7 Å². The van der Waals surface area contributed by atoms with Crippen LogP contribution in [0.2, 0.25) is 0 Å². The number of benzene rings is 3. The summed E-state index contributed by atoms with van der Waals surface area (Å²) in [4.78, 5) is 5.55. The van der Waals surface area contributed by atoms with E-state index < -0.39 is 6.10 Å². The SMILES string of the molecule is CC(CCc1ccccc1)NCC(O)CON=C1c2ccccc2-c2ccccc21. The minimum absolute atomic E-state index is 0.159. The Morgan fingerprint density at radius 1 is 0.833 bits per heavy atom. The van der Waals surface area contributed by atoms with Gasteiger partial charge in [0.25, 0.3) is 0 Å². The standard InChI is InChI=1S/C26H28N2O2/c1-19(15-16-20-9-3-2-4-10-20)27-17-21(29)18-30-28-26-24-13-7-5-11-22(24)23-12-6-8-14-25(23)26/h2-14,19,21,27,29H,15-18H2,1H3. The van der Waals surface area contributed by atoms with Gasteiger partial charge >= 0.3 is 0 Å². The summed E-state index contributed by atoms with van der Waals surface area (Å²) in [7, 11) is 0. The van der Waals surface area contributed by atoms with Crippen molar-refractivity contribution in [3.8, 4) is 11.1 Å². The zero-order valence-corrected chi connectivity index (χ0v) is 17.3. The van der Waals surface area contributed by atoms with Gasteiger partial charge in [-0.1, -0.05) is 84.0 Å². The van der Waals surface area contributed by atoms with E-state index in [0.29, 0.717) is 12.6 Å². The smallest absolute Gasteiger partial charge is 0.144 e. The molecule has 3 aromatic rings. The van der Waals surface area contributed by atoms with Crippen molar-refractivity contribution >= 4 is 5.71 Å². The third kappa shape index (κ3) is 4.78. The molecule has 3 aromatic carbocycles. The third-order valence-corrected chi connectivity index (χ3v) is 5.49. The molecule has 0 saturated heterocycles. The number of nitrogens with zero attached hydrogens (tertiary/aromatic N) is 1. The number of aliphatic hydroxyl groups excluding tert-OH is 1.